The lowest BCUT2D eigenvalue weighted by Crippen LogP contribution is -2.46. The third-order valence-corrected chi connectivity index (χ3v) is 4.52. The van der Waals surface area contributed by atoms with Crippen LogP contribution in [0.15, 0.2) is 11.8 Å². The molecule has 3 nitrogen and oxygen atoms in total. The van der Waals surface area contributed by atoms with Crippen molar-refractivity contribution < 1.29 is 14.6 Å². The van der Waals surface area contributed by atoms with Gasteiger partial charge in [0.1, 0.15) is 0 Å². The van der Waals surface area contributed by atoms with Gasteiger partial charge in [0.2, 0.25) is 0 Å². The van der Waals surface area contributed by atoms with Crippen molar-refractivity contribution in [3.63, 3.8) is 0 Å². The molecule has 1 N–H and O–H groups in total. The van der Waals surface area contributed by atoms with E-state index >= 15 is 0 Å². The molecule has 1 spiro atoms. The van der Waals surface area contributed by atoms with Gasteiger partial charge in [-0.1, -0.05) is 6.92 Å². The summed E-state index contributed by atoms with van der Waals surface area (Å²) >= 11 is 0. The van der Waals surface area contributed by atoms with Crippen molar-refractivity contribution in [2.75, 3.05) is 13.2 Å². The minimum absolute atomic E-state index is 0.0652. The Bertz CT molecular complexity index is 304. The zero-order chi connectivity index (χ0) is 10.5. The Morgan fingerprint density at radius 3 is 2.80 bits per heavy atom. The second kappa shape index (κ2) is 2.98. The van der Waals surface area contributed by atoms with Crippen LogP contribution in [0.2, 0.25) is 0 Å². The van der Waals surface area contributed by atoms with Crippen LogP contribution in [0.4, 0.5) is 0 Å². The second-order valence-corrected chi connectivity index (χ2v) is 5.17. The van der Waals surface area contributed by atoms with Crippen LogP contribution in [-0.4, -0.2) is 24.1 Å². The molecule has 84 valence electrons. The summed E-state index contributed by atoms with van der Waals surface area (Å²) in [4.78, 5) is 0. The van der Waals surface area contributed by atoms with Gasteiger partial charge in [-0.15, -0.1) is 0 Å². The van der Waals surface area contributed by atoms with Crippen molar-refractivity contribution in [2.24, 2.45) is 11.3 Å². The zero-order valence-electron chi connectivity index (χ0n) is 9.16. The normalized spacial score (nSPS) is 43.0. The lowest BCUT2D eigenvalue weighted by molar-refractivity contribution is -0.225. The first-order valence-electron chi connectivity index (χ1n) is 5.84. The first-order chi connectivity index (χ1) is 7.16. The molecule has 2 aliphatic carbocycles. The molecular formula is C12H18O3. The summed E-state index contributed by atoms with van der Waals surface area (Å²) in [5.74, 6) is 0.617. The SMILES string of the molecule is CC12CCC(O)=C[C@@H]1CCC21OCCO1. The first kappa shape index (κ1) is 9.67. The highest BCUT2D eigenvalue weighted by atomic mass is 16.7. The van der Waals surface area contributed by atoms with Crippen molar-refractivity contribution in [3.8, 4) is 0 Å². The Kier molecular flexibility index (Phi) is 1.92. The summed E-state index contributed by atoms with van der Waals surface area (Å²) in [6.45, 7) is 3.69. The lowest BCUT2D eigenvalue weighted by Gasteiger charge is -2.43. The van der Waals surface area contributed by atoms with E-state index in [9.17, 15) is 5.11 Å². The zero-order valence-corrected chi connectivity index (χ0v) is 9.16. The molecule has 1 heterocycles. The first-order valence-corrected chi connectivity index (χ1v) is 5.84. The van der Waals surface area contributed by atoms with Gasteiger partial charge >= 0.3 is 0 Å². The summed E-state index contributed by atoms with van der Waals surface area (Å²) in [6.07, 6.45) is 5.79. The molecule has 0 radical (unpaired) electrons. The fourth-order valence-electron chi connectivity index (χ4n) is 3.51. The molecule has 3 rings (SSSR count). The number of rotatable bonds is 0. The molecule has 1 saturated heterocycles. The van der Waals surface area contributed by atoms with Crippen molar-refractivity contribution in [3.05, 3.63) is 11.8 Å². The van der Waals surface area contributed by atoms with Crippen molar-refractivity contribution >= 4 is 0 Å². The Morgan fingerprint density at radius 2 is 2.07 bits per heavy atom. The van der Waals surface area contributed by atoms with Crippen LogP contribution in [0.5, 0.6) is 0 Å². The van der Waals surface area contributed by atoms with Crippen LogP contribution in [0.1, 0.15) is 32.6 Å². The number of aliphatic hydroxyl groups excluding tert-OH is 1. The van der Waals surface area contributed by atoms with E-state index in [4.69, 9.17) is 9.47 Å². The van der Waals surface area contributed by atoms with Crippen LogP contribution < -0.4 is 0 Å². The molecule has 3 heteroatoms. The number of hydrogen-bond acceptors (Lipinski definition) is 3. The fourth-order valence-corrected chi connectivity index (χ4v) is 3.51. The Balaban J connectivity index is 1.97. The van der Waals surface area contributed by atoms with E-state index in [-0.39, 0.29) is 11.2 Å². The molecule has 0 aromatic rings. The Hall–Kier alpha value is -0.540. The average molecular weight is 210 g/mol. The van der Waals surface area contributed by atoms with Crippen LogP contribution in [0.25, 0.3) is 0 Å². The monoisotopic (exact) mass is 210 g/mol. The van der Waals surface area contributed by atoms with Gasteiger partial charge in [0.15, 0.2) is 5.79 Å². The maximum Gasteiger partial charge on any atom is 0.174 e. The van der Waals surface area contributed by atoms with E-state index < -0.39 is 0 Å². The fraction of sp³-hybridized carbons (Fsp3) is 0.833. The standard InChI is InChI=1S/C12H18O3/c1-11-4-3-10(13)8-9(11)2-5-12(11)14-6-7-15-12/h8-9,13H,2-7H2,1H3/t9-,11?/m0/s1. The molecule has 0 aromatic heterocycles. The van der Waals surface area contributed by atoms with Gasteiger partial charge in [-0.05, 0) is 24.8 Å². The number of allylic oxidation sites excluding steroid dienone is 2. The number of ether oxygens (including phenoxy) is 2. The highest BCUT2D eigenvalue weighted by molar-refractivity contribution is 5.15. The van der Waals surface area contributed by atoms with E-state index in [0.717, 1.165) is 38.9 Å². The Morgan fingerprint density at radius 1 is 1.33 bits per heavy atom. The van der Waals surface area contributed by atoms with Crippen molar-refractivity contribution in [2.45, 2.75) is 38.4 Å². The smallest absolute Gasteiger partial charge is 0.174 e. The minimum atomic E-state index is -0.352. The molecule has 1 unspecified atom stereocenters. The molecule has 3 aliphatic rings. The second-order valence-electron chi connectivity index (χ2n) is 5.17. The summed E-state index contributed by atoms with van der Waals surface area (Å²) < 4.78 is 11.8. The minimum Gasteiger partial charge on any atom is -0.513 e. The van der Waals surface area contributed by atoms with Gasteiger partial charge in [-0.2, -0.15) is 0 Å². The predicted molar refractivity (Wildman–Crippen MR) is 55.4 cm³/mol. The highest BCUT2D eigenvalue weighted by Crippen LogP contribution is 2.59. The topological polar surface area (TPSA) is 38.7 Å². The van der Waals surface area contributed by atoms with Gasteiger partial charge < -0.3 is 14.6 Å². The maximum atomic E-state index is 9.58. The van der Waals surface area contributed by atoms with Gasteiger partial charge in [0.25, 0.3) is 0 Å². The molecule has 0 amide bonds. The number of hydrogen-bond donors (Lipinski definition) is 1. The summed E-state index contributed by atoms with van der Waals surface area (Å²) in [5, 5.41) is 9.58. The van der Waals surface area contributed by atoms with E-state index in [1.54, 1.807) is 0 Å². The van der Waals surface area contributed by atoms with Crippen LogP contribution >= 0.6 is 0 Å². The molecule has 1 saturated carbocycles. The van der Waals surface area contributed by atoms with E-state index in [1.165, 1.54) is 0 Å². The molecule has 0 bridgehead atoms. The summed E-state index contributed by atoms with van der Waals surface area (Å²) in [5.41, 5.74) is 0.0652. The molecule has 0 aromatic carbocycles. The predicted octanol–water partition coefficient (Wildman–Crippen LogP) is 2.38. The van der Waals surface area contributed by atoms with Crippen LogP contribution in [0.3, 0.4) is 0 Å². The summed E-state index contributed by atoms with van der Waals surface area (Å²) in [7, 11) is 0. The third-order valence-electron chi connectivity index (χ3n) is 4.52. The number of aliphatic hydroxyl groups is 1. The quantitative estimate of drug-likeness (QED) is 0.667. The molecule has 1 aliphatic heterocycles. The summed E-state index contributed by atoms with van der Waals surface area (Å²) in [6, 6.07) is 0. The van der Waals surface area contributed by atoms with Crippen LogP contribution in [0, 0.1) is 11.3 Å². The van der Waals surface area contributed by atoms with E-state index in [1.807, 2.05) is 6.08 Å². The molecule has 2 atom stereocenters. The van der Waals surface area contributed by atoms with Gasteiger partial charge in [-0.3, -0.25) is 0 Å². The lowest BCUT2D eigenvalue weighted by atomic mass is 9.69. The largest absolute Gasteiger partial charge is 0.513 e. The number of fused-ring (bicyclic) bond motifs is 2. The highest BCUT2D eigenvalue weighted by Gasteiger charge is 2.61. The van der Waals surface area contributed by atoms with E-state index in [2.05, 4.69) is 6.92 Å². The van der Waals surface area contributed by atoms with Gasteiger partial charge in [0.05, 0.1) is 19.0 Å². The molecule has 15 heavy (non-hydrogen) atoms. The van der Waals surface area contributed by atoms with E-state index in [0.29, 0.717) is 11.7 Å². The maximum absolute atomic E-state index is 9.58. The third kappa shape index (κ3) is 1.14. The van der Waals surface area contributed by atoms with Crippen molar-refractivity contribution in [1.82, 2.24) is 0 Å². The average Bonchev–Trinajstić information content (AvgIpc) is 2.78. The molecule has 2 fully saturated rings. The van der Waals surface area contributed by atoms with Crippen LogP contribution in [-0.2, 0) is 9.47 Å². The van der Waals surface area contributed by atoms with Gasteiger partial charge in [0, 0.05) is 18.3 Å². The molecular weight excluding hydrogens is 192 g/mol. The Labute approximate surface area is 90.1 Å². The van der Waals surface area contributed by atoms with Gasteiger partial charge in [-0.25, -0.2) is 0 Å². The van der Waals surface area contributed by atoms with Crippen molar-refractivity contribution in [1.29, 1.82) is 0 Å².